The standard InChI is InChI=1S/C8H14F2O4S2/c9-15(11,12)7-3-1-4-8(6-2-5-7)16(10,13)14/h7-8H,1-6H2. The average molecular weight is 276 g/mol. The van der Waals surface area contributed by atoms with Gasteiger partial charge in [-0.3, -0.25) is 0 Å². The molecule has 4 nitrogen and oxygen atoms in total. The van der Waals surface area contributed by atoms with E-state index in [1.807, 2.05) is 0 Å². The fourth-order valence-corrected chi connectivity index (χ4v) is 3.79. The van der Waals surface area contributed by atoms with E-state index in [1.165, 1.54) is 0 Å². The lowest BCUT2D eigenvalue weighted by Crippen LogP contribution is -2.24. The Labute approximate surface area is 94.5 Å². The second-order valence-corrected chi connectivity index (χ2v) is 7.29. The first-order chi connectivity index (χ1) is 7.21. The van der Waals surface area contributed by atoms with Crippen molar-refractivity contribution in [3.63, 3.8) is 0 Å². The summed E-state index contributed by atoms with van der Waals surface area (Å²) in [7, 11) is -9.12. The Balaban J connectivity index is 2.64. The smallest absolute Gasteiger partial charge is 0.195 e. The highest BCUT2D eigenvalue weighted by molar-refractivity contribution is 7.87. The lowest BCUT2D eigenvalue weighted by molar-refractivity contribution is 0.452. The molecule has 0 aromatic heterocycles. The fourth-order valence-electron chi connectivity index (χ4n) is 2.00. The maximum Gasteiger partial charge on any atom is 0.305 e. The van der Waals surface area contributed by atoms with E-state index in [0.717, 1.165) is 0 Å². The molecule has 0 aliphatic heterocycles. The van der Waals surface area contributed by atoms with Crippen molar-refractivity contribution < 1.29 is 24.6 Å². The maximum atomic E-state index is 12.7. The van der Waals surface area contributed by atoms with E-state index < -0.39 is 30.9 Å². The third-order valence-corrected chi connectivity index (χ3v) is 5.44. The Morgan fingerprint density at radius 1 is 0.688 bits per heavy atom. The van der Waals surface area contributed by atoms with Crippen LogP contribution in [0.5, 0.6) is 0 Å². The molecule has 1 aliphatic carbocycles. The highest BCUT2D eigenvalue weighted by atomic mass is 32.3. The van der Waals surface area contributed by atoms with Gasteiger partial charge in [-0.2, -0.15) is 16.8 Å². The summed E-state index contributed by atoms with van der Waals surface area (Å²) < 4.78 is 68.1. The van der Waals surface area contributed by atoms with Crippen LogP contribution < -0.4 is 0 Å². The van der Waals surface area contributed by atoms with Crippen LogP contribution in [0.1, 0.15) is 38.5 Å². The first-order valence-corrected chi connectivity index (χ1v) is 7.97. The number of halogens is 2. The maximum absolute atomic E-state index is 12.7. The molecule has 1 rings (SSSR count). The van der Waals surface area contributed by atoms with Gasteiger partial charge in [-0.1, -0.05) is 12.8 Å². The van der Waals surface area contributed by atoms with E-state index in [9.17, 15) is 24.6 Å². The normalized spacial score (nSPS) is 29.4. The Kier molecular flexibility index (Phi) is 4.28. The van der Waals surface area contributed by atoms with Crippen molar-refractivity contribution in [2.24, 2.45) is 0 Å². The number of hydrogen-bond donors (Lipinski definition) is 0. The molecule has 0 amide bonds. The summed E-state index contributed by atoms with van der Waals surface area (Å²) in [6.45, 7) is 0. The average Bonchev–Trinajstić information content (AvgIpc) is 1.96. The minimum atomic E-state index is -4.56. The second kappa shape index (κ2) is 4.95. The van der Waals surface area contributed by atoms with Crippen LogP contribution in [0.4, 0.5) is 7.77 Å². The van der Waals surface area contributed by atoms with Gasteiger partial charge in [0.2, 0.25) is 0 Å². The van der Waals surface area contributed by atoms with Gasteiger partial charge in [0, 0.05) is 0 Å². The van der Waals surface area contributed by atoms with E-state index in [4.69, 9.17) is 0 Å². The molecule has 1 aliphatic rings. The largest absolute Gasteiger partial charge is 0.305 e. The second-order valence-electron chi connectivity index (χ2n) is 4.06. The molecule has 0 radical (unpaired) electrons. The highest BCUT2D eigenvalue weighted by Crippen LogP contribution is 2.27. The van der Waals surface area contributed by atoms with Crippen LogP contribution in [0, 0.1) is 0 Å². The van der Waals surface area contributed by atoms with Crippen molar-refractivity contribution in [1.82, 2.24) is 0 Å². The molecule has 0 heterocycles. The van der Waals surface area contributed by atoms with Gasteiger partial charge < -0.3 is 0 Å². The summed E-state index contributed by atoms with van der Waals surface area (Å²) in [5, 5.41) is -2.12. The van der Waals surface area contributed by atoms with Gasteiger partial charge in [0.1, 0.15) is 0 Å². The monoisotopic (exact) mass is 276 g/mol. The van der Waals surface area contributed by atoms with Crippen LogP contribution in [0.15, 0.2) is 0 Å². The molecule has 1 fully saturated rings. The first-order valence-electron chi connectivity index (χ1n) is 5.08. The molecule has 8 heteroatoms. The topological polar surface area (TPSA) is 68.3 Å². The van der Waals surface area contributed by atoms with Crippen molar-refractivity contribution in [2.75, 3.05) is 0 Å². The van der Waals surface area contributed by atoms with Crippen molar-refractivity contribution in [2.45, 2.75) is 49.0 Å². The predicted molar refractivity (Wildman–Crippen MR) is 55.3 cm³/mol. The third kappa shape index (κ3) is 3.97. The molecule has 0 aromatic carbocycles. The molecule has 0 aromatic rings. The van der Waals surface area contributed by atoms with Gasteiger partial charge in [-0.15, -0.1) is 7.77 Å². The predicted octanol–water partition coefficient (Wildman–Crippen LogP) is 1.68. The molecule has 96 valence electrons. The summed E-state index contributed by atoms with van der Waals surface area (Å²) in [6.07, 6.45) is 0.661. The molecule has 1 saturated carbocycles. The van der Waals surface area contributed by atoms with Crippen molar-refractivity contribution in [1.29, 1.82) is 0 Å². The zero-order valence-electron chi connectivity index (χ0n) is 8.60. The number of hydrogen-bond acceptors (Lipinski definition) is 4. The van der Waals surface area contributed by atoms with Crippen molar-refractivity contribution in [3.05, 3.63) is 0 Å². The zero-order chi connectivity index (χ0) is 12.4. The summed E-state index contributed by atoms with van der Waals surface area (Å²) in [5.41, 5.74) is 0. The van der Waals surface area contributed by atoms with E-state index in [1.54, 1.807) is 0 Å². The van der Waals surface area contributed by atoms with E-state index >= 15 is 0 Å². The molecule has 0 atom stereocenters. The van der Waals surface area contributed by atoms with Gasteiger partial charge >= 0.3 is 20.4 Å². The Morgan fingerprint density at radius 3 is 1.12 bits per heavy atom. The Bertz CT molecular complexity index is 379. The van der Waals surface area contributed by atoms with E-state index in [0.29, 0.717) is 0 Å². The lowest BCUT2D eigenvalue weighted by Gasteiger charge is -2.19. The molecular formula is C8H14F2O4S2. The highest BCUT2D eigenvalue weighted by Gasteiger charge is 2.31. The molecule has 0 N–H and O–H groups in total. The number of rotatable bonds is 2. The quantitative estimate of drug-likeness (QED) is 0.719. The molecule has 0 spiro atoms. The third-order valence-electron chi connectivity index (χ3n) is 2.90. The van der Waals surface area contributed by atoms with Gasteiger partial charge in [-0.05, 0) is 25.7 Å². The summed E-state index contributed by atoms with van der Waals surface area (Å²) in [5.74, 6) is 0. The molecule has 0 bridgehead atoms. The summed E-state index contributed by atoms with van der Waals surface area (Å²) in [6, 6.07) is 0. The van der Waals surface area contributed by atoms with Gasteiger partial charge in [0.25, 0.3) is 0 Å². The van der Waals surface area contributed by atoms with Crippen LogP contribution in [0.25, 0.3) is 0 Å². The SMILES string of the molecule is O=S(=O)(F)C1CCCC(S(=O)(=O)F)CCC1. The minimum Gasteiger partial charge on any atom is -0.195 e. The van der Waals surface area contributed by atoms with Crippen LogP contribution in [0.2, 0.25) is 0 Å². The summed E-state index contributed by atoms with van der Waals surface area (Å²) >= 11 is 0. The van der Waals surface area contributed by atoms with Gasteiger partial charge in [0.05, 0.1) is 10.5 Å². The van der Waals surface area contributed by atoms with Crippen LogP contribution in [0.3, 0.4) is 0 Å². The minimum absolute atomic E-state index is 0.0604. The van der Waals surface area contributed by atoms with Crippen LogP contribution in [-0.4, -0.2) is 27.3 Å². The summed E-state index contributed by atoms with van der Waals surface area (Å²) in [4.78, 5) is 0. The molecule has 16 heavy (non-hydrogen) atoms. The zero-order valence-corrected chi connectivity index (χ0v) is 10.2. The van der Waals surface area contributed by atoms with Crippen LogP contribution in [-0.2, 0) is 20.4 Å². The van der Waals surface area contributed by atoms with Crippen LogP contribution >= 0.6 is 0 Å². The fraction of sp³-hybridized carbons (Fsp3) is 1.00. The molecular weight excluding hydrogens is 262 g/mol. The van der Waals surface area contributed by atoms with Crippen molar-refractivity contribution in [3.8, 4) is 0 Å². The Hall–Kier alpha value is -0.240. The van der Waals surface area contributed by atoms with Crippen molar-refractivity contribution >= 4 is 20.4 Å². The van der Waals surface area contributed by atoms with E-state index in [2.05, 4.69) is 0 Å². The molecule has 0 saturated heterocycles. The molecule has 0 unspecified atom stereocenters. The van der Waals surface area contributed by atoms with Gasteiger partial charge in [0.15, 0.2) is 0 Å². The van der Waals surface area contributed by atoms with Gasteiger partial charge in [-0.25, -0.2) is 0 Å². The lowest BCUT2D eigenvalue weighted by atomic mass is 10.0. The van der Waals surface area contributed by atoms with E-state index in [-0.39, 0.29) is 38.5 Å². The first kappa shape index (κ1) is 13.8. The Morgan fingerprint density at radius 2 is 0.938 bits per heavy atom.